The van der Waals surface area contributed by atoms with Crippen molar-refractivity contribution in [3.8, 4) is 11.8 Å². The van der Waals surface area contributed by atoms with Crippen molar-refractivity contribution < 1.29 is 13.6 Å². The van der Waals surface area contributed by atoms with E-state index in [1.807, 2.05) is 0 Å². The number of halogens is 1. The standard InChI is InChI=1S/C19H12FNO3/c20-15-9-3-1-6-13(15)7-5-11-21-19(23)18-12-16(22)14-8-2-4-10-17(14)24-18/h1-4,6,8-10,12H,11H2,(H,21,23). The Hall–Kier alpha value is -3.39. The molecule has 3 aromatic rings. The minimum atomic E-state index is -0.555. The lowest BCUT2D eigenvalue weighted by Gasteiger charge is -2.02. The molecule has 0 aliphatic carbocycles. The first-order chi connectivity index (χ1) is 11.6. The van der Waals surface area contributed by atoms with E-state index in [2.05, 4.69) is 17.2 Å². The number of hydrogen-bond acceptors (Lipinski definition) is 3. The Balaban J connectivity index is 1.72. The first kappa shape index (κ1) is 15.5. The van der Waals surface area contributed by atoms with Crippen molar-refractivity contribution in [3.05, 3.63) is 82.0 Å². The highest BCUT2D eigenvalue weighted by molar-refractivity contribution is 5.93. The molecule has 0 radical (unpaired) electrons. The second-order valence-corrected chi connectivity index (χ2v) is 4.94. The van der Waals surface area contributed by atoms with E-state index in [9.17, 15) is 14.0 Å². The van der Waals surface area contributed by atoms with E-state index in [1.165, 1.54) is 6.07 Å². The Bertz CT molecular complexity index is 1030. The fourth-order valence-corrected chi connectivity index (χ4v) is 2.13. The van der Waals surface area contributed by atoms with Crippen LogP contribution in [0.15, 0.2) is 63.8 Å². The van der Waals surface area contributed by atoms with Crippen molar-refractivity contribution in [1.29, 1.82) is 0 Å². The van der Waals surface area contributed by atoms with Crippen LogP contribution in [-0.4, -0.2) is 12.5 Å². The molecule has 0 unspecified atom stereocenters. The number of carbonyl (C=O) groups excluding carboxylic acids is 1. The largest absolute Gasteiger partial charge is 0.451 e. The quantitative estimate of drug-likeness (QED) is 0.738. The molecular weight excluding hydrogens is 309 g/mol. The summed E-state index contributed by atoms with van der Waals surface area (Å²) in [7, 11) is 0. The molecule has 1 N–H and O–H groups in total. The van der Waals surface area contributed by atoms with Gasteiger partial charge in [0.1, 0.15) is 11.4 Å². The van der Waals surface area contributed by atoms with Gasteiger partial charge in [-0.25, -0.2) is 4.39 Å². The molecule has 2 aromatic carbocycles. The molecule has 0 bridgehead atoms. The summed E-state index contributed by atoms with van der Waals surface area (Å²) in [5.74, 6) is 4.22. The third-order valence-electron chi connectivity index (χ3n) is 3.29. The van der Waals surface area contributed by atoms with Crippen LogP contribution in [-0.2, 0) is 0 Å². The van der Waals surface area contributed by atoms with Crippen LogP contribution in [0.2, 0.25) is 0 Å². The lowest BCUT2D eigenvalue weighted by Crippen LogP contribution is -2.24. The maximum absolute atomic E-state index is 13.4. The molecule has 0 saturated heterocycles. The molecule has 24 heavy (non-hydrogen) atoms. The minimum absolute atomic E-state index is 0.00368. The van der Waals surface area contributed by atoms with Crippen LogP contribution in [0.5, 0.6) is 0 Å². The van der Waals surface area contributed by atoms with Gasteiger partial charge in [0, 0.05) is 6.07 Å². The van der Waals surface area contributed by atoms with Gasteiger partial charge in [0.15, 0.2) is 11.2 Å². The predicted molar refractivity (Wildman–Crippen MR) is 88.1 cm³/mol. The van der Waals surface area contributed by atoms with Gasteiger partial charge in [0.05, 0.1) is 17.5 Å². The molecule has 0 saturated carbocycles. The van der Waals surface area contributed by atoms with E-state index < -0.39 is 11.7 Å². The molecule has 4 nitrogen and oxygen atoms in total. The molecule has 0 aliphatic heterocycles. The number of carbonyl (C=O) groups is 1. The maximum atomic E-state index is 13.4. The van der Waals surface area contributed by atoms with Crippen LogP contribution < -0.4 is 10.7 Å². The Morgan fingerprint density at radius 1 is 1.12 bits per heavy atom. The van der Waals surface area contributed by atoms with Crippen LogP contribution in [0.4, 0.5) is 4.39 Å². The second kappa shape index (κ2) is 6.80. The predicted octanol–water partition coefficient (Wildman–Crippen LogP) is 2.71. The summed E-state index contributed by atoms with van der Waals surface area (Å²) in [6.07, 6.45) is 0. The van der Waals surface area contributed by atoms with Gasteiger partial charge in [-0.15, -0.1) is 0 Å². The van der Waals surface area contributed by atoms with E-state index in [4.69, 9.17) is 4.42 Å². The third kappa shape index (κ3) is 3.33. The molecule has 5 heteroatoms. The molecule has 1 heterocycles. The van der Waals surface area contributed by atoms with Crippen molar-refractivity contribution >= 4 is 16.9 Å². The van der Waals surface area contributed by atoms with Gasteiger partial charge in [-0.3, -0.25) is 9.59 Å². The number of amides is 1. The second-order valence-electron chi connectivity index (χ2n) is 4.94. The Kier molecular flexibility index (Phi) is 4.39. The van der Waals surface area contributed by atoms with Gasteiger partial charge in [-0.2, -0.15) is 0 Å². The Labute approximate surface area is 136 Å². The lowest BCUT2D eigenvalue weighted by atomic mass is 10.2. The van der Waals surface area contributed by atoms with E-state index in [0.717, 1.165) is 6.07 Å². The molecule has 0 aliphatic rings. The zero-order valence-corrected chi connectivity index (χ0v) is 12.5. The average Bonchev–Trinajstić information content (AvgIpc) is 2.60. The molecule has 1 amide bonds. The zero-order valence-electron chi connectivity index (χ0n) is 12.5. The van der Waals surface area contributed by atoms with Crippen molar-refractivity contribution in [3.63, 3.8) is 0 Å². The number of rotatable bonds is 2. The highest BCUT2D eigenvalue weighted by Gasteiger charge is 2.11. The Morgan fingerprint density at radius 2 is 1.88 bits per heavy atom. The van der Waals surface area contributed by atoms with Crippen LogP contribution >= 0.6 is 0 Å². The summed E-state index contributed by atoms with van der Waals surface area (Å²) in [4.78, 5) is 24.0. The normalized spacial score (nSPS) is 10.0. The molecule has 3 rings (SSSR count). The maximum Gasteiger partial charge on any atom is 0.287 e. The molecule has 0 fully saturated rings. The van der Waals surface area contributed by atoms with Crippen molar-refractivity contribution in [2.45, 2.75) is 0 Å². The fourth-order valence-electron chi connectivity index (χ4n) is 2.13. The highest BCUT2D eigenvalue weighted by Crippen LogP contribution is 2.11. The fraction of sp³-hybridized carbons (Fsp3) is 0.0526. The summed E-state index contributed by atoms with van der Waals surface area (Å²) in [6.45, 7) is 0.00368. The minimum Gasteiger partial charge on any atom is -0.451 e. The van der Waals surface area contributed by atoms with Gasteiger partial charge in [-0.05, 0) is 24.3 Å². The summed E-state index contributed by atoms with van der Waals surface area (Å²) in [6, 6.07) is 13.9. The van der Waals surface area contributed by atoms with Crippen molar-refractivity contribution in [2.24, 2.45) is 0 Å². The monoisotopic (exact) mass is 321 g/mol. The average molecular weight is 321 g/mol. The summed E-state index contributed by atoms with van der Waals surface area (Å²) >= 11 is 0. The van der Waals surface area contributed by atoms with Gasteiger partial charge >= 0.3 is 0 Å². The van der Waals surface area contributed by atoms with Gasteiger partial charge in [0.25, 0.3) is 5.91 Å². The number of para-hydroxylation sites is 1. The summed E-state index contributed by atoms with van der Waals surface area (Å²) in [5.41, 5.74) is 0.302. The number of nitrogens with one attached hydrogen (secondary N) is 1. The molecule has 0 spiro atoms. The van der Waals surface area contributed by atoms with E-state index in [-0.39, 0.29) is 23.3 Å². The summed E-state index contributed by atoms with van der Waals surface area (Å²) in [5, 5.41) is 2.92. The molecular formula is C19H12FNO3. The van der Waals surface area contributed by atoms with E-state index in [1.54, 1.807) is 42.5 Å². The zero-order chi connectivity index (χ0) is 16.9. The van der Waals surface area contributed by atoms with Gasteiger partial charge < -0.3 is 9.73 Å². The molecule has 0 atom stereocenters. The van der Waals surface area contributed by atoms with Crippen LogP contribution in [0.3, 0.4) is 0 Å². The van der Waals surface area contributed by atoms with Gasteiger partial charge in [0.2, 0.25) is 0 Å². The highest BCUT2D eigenvalue weighted by atomic mass is 19.1. The van der Waals surface area contributed by atoms with Crippen LogP contribution in [0, 0.1) is 17.7 Å². The van der Waals surface area contributed by atoms with Crippen LogP contribution in [0.25, 0.3) is 11.0 Å². The first-order valence-corrected chi connectivity index (χ1v) is 7.19. The van der Waals surface area contributed by atoms with E-state index >= 15 is 0 Å². The topological polar surface area (TPSA) is 59.3 Å². The van der Waals surface area contributed by atoms with Crippen LogP contribution in [0.1, 0.15) is 16.1 Å². The lowest BCUT2D eigenvalue weighted by molar-refractivity contribution is 0.0931. The first-order valence-electron chi connectivity index (χ1n) is 7.19. The summed E-state index contributed by atoms with van der Waals surface area (Å²) < 4.78 is 18.8. The third-order valence-corrected chi connectivity index (χ3v) is 3.29. The van der Waals surface area contributed by atoms with E-state index in [0.29, 0.717) is 11.0 Å². The SMILES string of the molecule is O=C(NCC#Cc1ccccc1F)c1cc(=O)c2ccccc2o1. The number of fused-ring (bicyclic) bond motifs is 1. The molecule has 118 valence electrons. The van der Waals surface area contributed by atoms with Gasteiger partial charge in [-0.1, -0.05) is 36.1 Å². The number of benzene rings is 2. The van der Waals surface area contributed by atoms with Crippen molar-refractivity contribution in [1.82, 2.24) is 5.32 Å². The van der Waals surface area contributed by atoms with Crippen molar-refractivity contribution in [2.75, 3.05) is 6.54 Å². The smallest absolute Gasteiger partial charge is 0.287 e. The Morgan fingerprint density at radius 3 is 2.71 bits per heavy atom. The molecule has 1 aromatic heterocycles. The number of hydrogen-bond donors (Lipinski definition) is 1.